The highest BCUT2D eigenvalue weighted by Gasteiger charge is 2.21. The van der Waals surface area contributed by atoms with Crippen LogP contribution >= 0.6 is 0 Å². The zero-order valence-corrected chi connectivity index (χ0v) is 12.6. The number of hydrogen-bond acceptors (Lipinski definition) is 1. The number of benzene rings is 1. The molecular weight excluding hydrogens is 237 g/mol. The molecule has 0 aliphatic heterocycles. The van der Waals surface area contributed by atoms with Crippen molar-refractivity contribution in [1.29, 1.82) is 0 Å². The van der Waals surface area contributed by atoms with Gasteiger partial charge in [-0.15, -0.1) is 0 Å². The Bertz CT molecular complexity index is 328. The largest absolute Gasteiger partial charge is 0.310 e. The minimum atomic E-state index is -0.152. The Kier molecular flexibility index (Phi) is 7.73. The van der Waals surface area contributed by atoms with E-state index >= 15 is 0 Å². The van der Waals surface area contributed by atoms with Crippen molar-refractivity contribution in [3.05, 3.63) is 35.6 Å². The van der Waals surface area contributed by atoms with Crippen molar-refractivity contribution in [2.45, 2.75) is 58.9 Å². The average molecular weight is 265 g/mol. The van der Waals surface area contributed by atoms with Crippen LogP contribution in [0.2, 0.25) is 0 Å². The monoisotopic (exact) mass is 265 g/mol. The summed E-state index contributed by atoms with van der Waals surface area (Å²) in [6.45, 7) is 7.68. The Balaban J connectivity index is 2.86. The third-order valence-electron chi connectivity index (χ3n) is 3.63. The molecule has 0 spiro atoms. The third kappa shape index (κ3) is 5.32. The summed E-state index contributed by atoms with van der Waals surface area (Å²) < 4.78 is 13.1. The first-order valence-electron chi connectivity index (χ1n) is 7.71. The number of hydrogen-bond donors (Lipinski definition) is 1. The molecule has 0 radical (unpaired) electrons. The first-order valence-corrected chi connectivity index (χ1v) is 7.71. The molecule has 1 aromatic rings. The van der Waals surface area contributed by atoms with Crippen LogP contribution in [0.15, 0.2) is 24.3 Å². The van der Waals surface area contributed by atoms with Gasteiger partial charge in [0.2, 0.25) is 0 Å². The van der Waals surface area contributed by atoms with Gasteiger partial charge in [-0.25, -0.2) is 4.39 Å². The second-order valence-corrected chi connectivity index (χ2v) is 5.32. The Hall–Kier alpha value is -0.890. The normalized spacial score (nSPS) is 12.9. The minimum Gasteiger partial charge on any atom is -0.310 e. The molecule has 1 rings (SSSR count). The van der Waals surface area contributed by atoms with Crippen LogP contribution in [0.4, 0.5) is 4.39 Å². The highest BCUT2D eigenvalue weighted by Crippen LogP contribution is 2.29. The fraction of sp³-hybridized carbons (Fsp3) is 0.647. The lowest BCUT2D eigenvalue weighted by atomic mass is 9.86. The van der Waals surface area contributed by atoms with Crippen LogP contribution in [0.25, 0.3) is 0 Å². The predicted molar refractivity (Wildman–Crippen MR) is 80.7 cm³/mol. The fourth-order valence-electron chi connectivity index (χ4n) is 2.75. The first kappa shape index (κ1) is 16.2. The molecule has 1 nitrogen and oxygen atoms in total. The summed E-state index contributed by atoms with van der Waals surface area (Å²) in [5.74, 6) is 0.493. The molecule has 0 bridgehead atoms. The van der Waals surface area contributed by atoms with E-state index in [-0.39, 0.29) is 5.82 Å². The van der Waals surface area contributed by atoms with Gasteiger partial charge in [-0.3, -0.25) is 0 Å². The van der Waals surface area contributed by atoms with E-state index in [1.54, 1.807) is 12.1 Å². The van der Waals surface area contributed by atoms with Gasteiger partial charge in [0.1, 0.15) is 5.82 Å². The van der Waals surface area contributed by atoms with Crippen molar-refractivity contribution in [2.75, 3.05) is 6.54 Å². The average Bonchev–Trinajstić information content (AvgIpc) is 2.41. The van der Waals surface area contributed by atoms with Crippen molar-refractivity contribution in [3.63, 3.8) is 0 Å². The molecule has 0 fully saturated rings. The maximum Gasteiger partial charge on any atom is 0.123 e. The van der Waals surface area contributed by atoms with Gasteiger partial charge in [-0.2, -0.15) is 0 Å². The van der Waals surface area contributed by atoms with Gasteiger partial charge in [0.15, 0.2) is 0 Å². The number of halogens is 1. The SMILES string of the molecule is CCCNC(c1ccc(F)cc1)C(CCC)CCC. The third-order valence-corrected chi connectivity index (χ3v) is 3.63. The molecule has 1 aromatic carbocycles. The molecule has 0 saturated heterocycles. The maximum absolute atomic E-state index is 13.1. The van der Waals surface area contributed by atoms with Gasteiger partial charge in [0, 0.05) is 6.04 Å². The minimum absolute atomic E-state index is 0.152. The zero-order chi connectivity index (χ0) is 14.1. The van der Waals surface area contributed by atoms with Crippen LogP contribution in [0.5, 0.6) is 0 Å². The van der Waals surface area contributed by atoms with Crippen molar-refractivity contribution in [3.8, 4) is 0 Å². The molecule has 0 aliphatic carbocycles. The van der Waals surface area contributed by atoms with E-state index in [0.717, 1.165) is 13.0 Å². The molecule has 19 heavy (non-hydrogen) atoms. The summed E-state index contributed by atoms with van der Waals surface area (Å²) in [6, 6.07) is 7.37. The topological polar surface area (TPSA) is 12.0 Å². The van der Waals surface area contributed by atoms with Crippen LogP contribution in [0.3, 0.4) is 0 Å². The molecule has 0 aliphatic rings. The Labute approximate surface area is 117 Å². The van der Waals surface area contributed by atoms with E-state index < -0.39 is 0 Å². The van der Waals surface area contributed by atoms with Crippen LogP contribution in [-0.2, 0) is 0 Å². The molecule has 0 amide bonds. The maximum atomic E-state index is 13.1. The Morgan fingerprint density at radius 3 is 2.00 bits per heavy atom. The number of rotatable bonds is 9. The second kappa shape index (κ2) is 9.08. The smallest absolute Gasteiger partial charge is 0.123 e. The molecule has 0 aromatic heterocycles. The molecule has 1 unspecified atom stereocenters. The molecular formula is C17H28FN. The van der Waals surface area contributed by atoms with Crippen molar-refractivity contribution >= 4 is 0 Å². The van der Waals surface area contributed by atoms with E-state index in [0.29, 0.717) is 12.0 Å². The first-order chi connectivity index (χ1) is 9.22. The molecule has 1 N–H and O–H groups in total. The highest BCUT2D eigenvalue weighted by molar-refractivity contribution is 5.20. The van der Waals surface area contributed by atoms with E-state index in [1.807, 2.05) is 12.1 Å². The lowest BCUT2D eigenvalue weighted by molar-refractivity contribution is 0.316. The van der Waals surface area contributed by atoms with Gasteiger partial charge >= 0.3 is 0 Å². The summed E-state index contributed by atoms with van der Waals surface area (Å²) >= 11 is 0. The predicted octanol–water partition coefficient (Wildman–Crippen LogP) is 5.08. The van der Waals surface area contributed by atoms with Crippen LogP contribution in [0, 0.1) is 11.7 Å². The Morgan fingerprint density at radius 1 is 0.947 bits per heavy atom. The van der Waals surface area contributed by atoms with Crippen molar-refractivity contribution in [1.82, 2.24) is 5.32 Å². The van der Waals surface area contributed by atoms with Gasteiger partial charge in [0.05, 0.1) is 0 Å². The summed E-state index contributed by atoms with van der Waals surface area (Å²) in [6.07, 6.45) is 5.99. The van der Waals surface area contributed by atoms with E-state index in [9.17, 15) is 4.39 Å². The van der Waals surface area contributed by atoms with Crippen LogP contribution < -0.4 is 5.32 Å². The zero-order valence-electron chi connectivity index (χ0n) is 12.6. The molecule has 0 saturated carbocycles. The van der Waals surface area contributed by atoms with Gasteiger partial charge < -0.3 is 5.32 Å². The summed E-state index contributed by atoms with van der Waals surface area (Å²) in [5.41, 5.74) is 1.22. The molecule has 108 valence electrons. The highest BCUT2D eigenvalue weighted by atomic mass is 19.1. The van der Waals surface area contributed by atoms with E-state index in [4.69, 9.17) is 0 Å². The standard InChI is InChI=1S/C17H28FN/c1-4-7-14(8-5-2)17(19-13-6-3)15-9-11-16(18)12-10-15/h9-12,14,17,19H,4-8,13H2,1-3H3. The molecule has 1 atom stereocenters. The molecule has 0 heterocycles. The van der Waals surface area contributed by atoms with Crippen LogP contribution in [0.1, 0.15) is 64.5 Å². The lowest BCUT2D eigenvalue weighted by Gasteiger charge is -2.28. The van der Waals surface area contributed by atoms with E-state index in [2.05, 4.69) is 26.1 Å². The summed E-state index contributed by atoms with van der Waals surface area (Å²) in [5, 5.41) is 3.65. The molecule has 2 heteroatoms. The second-order valence-electron chi connectivity index (χ2n) is 5.32. The lowest BCUT2D eigenvalue weighted by Crippen LogP contribution is -2.29. The van der Waals surface area contributed by atoms with E-state index in [1.165, 1.54) is 31.2 Å². The van der Waals surface area contributed by atoms with Gasteiger partial charge in [-0.1, -0.05) is 45.7 Å². The van der Waals surface area contributed by atoms with Crippen molar-refractivity contribution < 1.29 is 4.39 Å². The van der Waals surface area contributed by atoms with Gasteiger partial charge in [-0.05, 0) is 49.4 Å². The summed E-state index contributed by atoms with van der Waals surface area (Å²) in [4.78, 5) is 0. The number of nitrogens with one attached hydrogen (secondary N) is 1. The van der Waals surface area contributed by atoms with Gasteiger partial charge in [0.25, 0.3) is 0 Å². The van der Waals surface area contributed by atoms with Crippen LogP contribution in [-0.4, -0.2) is 6.54 Å². The van der Waals surface area contributed by atoms with Crippen molar-refractivity contribution in [2.24, 2.45) is 5.92 Å². The Morgan fingerprint density at radius 2 is 1.53 bits per heavy atom. The summed E-state index contributed by atoms with van der Waals surface area (Å²) in [7, 11) is 0. The quantitative estimate of drug-likeness (QED) is 0.656. The fourth-order valence-corrected chi connectivity index (χ4v) is 2.75.